The van der Waals surface area contributed by atoms with Crippen LogP contribution in [0.15, 0.2) is 12.1 Å². The smallest absolute Gasteiger partial charge is 0.265 e. The Bertz CT molecular complexity index is 440. The van der Waals surface area contributed by atoms with Crippen LogP contribution in [0.1, 0.15) is 9.67 Å². The van der Waals surface area contributed by atoms with E-state index in [0.717, 1.165) is 6.54 Å². The highest BCUT2D eigenvalue weighted by Gasteiger charge is 2.27. The predicted molar refractivity (Wildman–Crippen MR) is 62.6 cm³/mol. The van der Waals surface area contributed by atoms with E-state index in [1.807, 2.05) is 0 Å². The Morgan fingerprint density at radius 3 is 3.12 bits per heavy atom. The van der Waals surface area contributed by atoms with Gasteiger partial charge in [-0.2, -0.15) is 5.26 Å². The Morgan fingerprint density at radius 1 is 1.69 bits per heavy atom. The van der Waals surface area contributed by atoms with Crippen molar-refractivity contribution >= 4 is 28.8 Å². The Labute approximate surface area is 102 Å². The van der Waals surface area contributed by atoms with Gasteiger partial charge in [-0.05, 0) is 12.1 Å². The second-order valence-electron chi connectivity index (χ2n) is 3.45. The van der Waals surface area contributed by atoms with Crippen molar-refractivity contribution in [3.8, 4) is 6.07 Å². The van der Waals surface area contributed by atoms with Crippen LogP contribution in [0.25, 0.3) is 0 Å². The van der Waals surface area contributed by atoms with E-state index in [0.29, 0.717) is 22.3 Å². The average Bonchev–Trinajstić information content (AvgIpc) is 2.75. The zero-order valence-electron chi connectivity index (χ0n) is 8.44. The van der Waals surface area contributed by atoms with E-state index < -0.39 is 0 Å². The molecular formula is C10H10ClN3OS. The molecule has 2 rings (SSSR count). The van der Waals surface area contributed by atoms with Crippen LogP contribution in [-0.4, -0.2) is 36.5 Å². The Hall–Kier alpha value is -1.09. The minimum absolute atomic E-state index is 0.107. The van der Waals surface area contributed by atoms with Crippen molar-refractivity contribution in [3.63, 3.8) is 0 Å². The van der Waals surface area contributed by atoms with Gasteiger partial charge in [0.2, 0.25) is 0 Å². The normalized spacial score (nSPS) is 20.5. The zero-order chi connectivity index (χ0) is 11.5. The number of rotatable bonds is 1. The van der Waals surface area contributed by atoms with Crippen molar-refractivity contribution in [3.05, 3.63) is 21.3 Å². The first-order chi connectivity index (χ1) is 7.72. The molecule has 1 N–H and O–H groups in total. The average molecular weight is 256 g/mol. The summed E-state index contributed by atoms with van der Waals surface area (Å²) in [5.41, 5.74) is 0. The molecule has 1 aromatic heterocycles. The molecular weight excluding hydrogens is 246 g/mol. The minimum atomic E-state index is -0.387. The molecule has 0 spiro atoms. The minimum Gasteiger partial charge on any atom is -0.319 e. The number of thiophene rings is 1. The number of carbonyl (C=O) groups excluding carboxylic acids is 1. The molecule has 6 heteroatoms. The molecule has 0 radical (unpaired) electrons. The van der Waals surface area contributed by atoms with E-state index in [4.69, 9.17) is 16.9 Å². The molecule has 1 unspecified atom stereocenters. The number of hydrogen-bond acceptors (Lipinski definition) is 4. The lowest BCUT2D eigenvalue weighted by atomic mass is 10.2. The fourth-order valence-electron chi connectivity index (χ4n) is 1.63. The van der Waals surface area contributed by atoms with Crippen molar-refractivity contribution in [1.82, 2.24) is 10.2 Å². The topological polar surface area (TPSA) is 56.1 Å². The lowest BCUT2D eigenvalue weighted by molar-refractivity contribution is 0.0692. The number of carbonyl (C=O) groups is 1. The number of piperazine rings is 1. The van der Waals surface area contributed by atoms with Crippen LogP contribution in [0.5, 0.6) is 0 Å². The SMILES string of the molecule is N#CC1CNCCN1C(=O)c1ccc(Cl)s1. The number of amides is 1. The van der Waals surface area contributed by atoms with Crippen LogP contribution in [0.2, 0.25) is 4.34 Å². The quantitative estimate of drug-likeness (QED) is 0.824. The molecule has 0 aliphatic carbocycles. The van der Waals surface area contributed by atoms with E-state index in [9.17, 15) is 4.79 Å². The van der Waals surface area contributed by atoms with Gasteiger partial charge in [-0.1, -0.05) is 11.6 Å². The number of halogens is 1. The zero-order valence-corrected chi connectivity index (χ0v) is 10.0. The molecule has 1 atom stereocenters. The second kappa shape index (κ2) is 4.83. The van der Waals surface area contributed by atoms with Gasteiger partial charge in [-0.25, -0.2) is 0 Å². The number of nitrogens with one attached hydrogen (secondary N) is 1. The van der Waals surface area contributed by atoms with Crippen LogP contribution in [0, 0.1) is 11.3 Å². The number of nitriles is 1. The summed E-state index contributed by atoms with van der Waals surface area (Å²) < 4.78 is 0.590. The molecule has 1 aromatic rings. The van der Waals surface area contributed by atoms with Crippen molar-refractivity contribution in [2.45, 2.75) is 6.04 Å². The van der Waals surface area contributed by atoms with Gasteiger partial charge in [0.1, 0.15) is 6.04 Å². The highest BCUT2D eigenvalue weighted by atomic mass is 35.5. The molecule has 1 aliphatic heterocycles. The van der Waals surface area contributed by atoms with Crippen molar-refractivity contribution in [1.29, 1.82) is 5.26 Å². The molecule has 16 heavy (non-hydrogen) atoms. The van der Waals surface area contributed by atoms with Crippen molar-refractivity contribution < 1.29 is 4.79 Å². The molecule has 84 valence electrons. The molecule has 0 bridgehead atoms. The summed E-state index contributed by atoms with van der Waals surface area (Å²) in [6.45, 7) is 1.82. The van der Waals surface area contributed by atoms with Crippen LogP contribution in [0.3, 0.4) is 0 Å². The largest absolute Gasteiger partial charge is 0.319 e. The highest BCUT2D eigenvalue weighted by Crippen LogP contribution is 2.23. The summed E-state index contributed by atoms with van der Waals surface area (Å²) in [5.74, 6) is -0.107. The Morgan fingerprint density at radius 2 is 2.50 bits per heavy atom. The molecule has 0 aromatic carbocycles. The van der Waals surface area contributed by atoms with Gasteiger partial charge in [-0.15, -0.1) is 11.3 Å². The van der Waals surface area contributed by atoms with E-state index in [-0.39, 0.29) is 11.9 Å². The third-order valence-electron chi connectivity index (χ3n) is 2.44. The predicted octanol–water partition coefficient (Wildman–Crippen LogP) is 1.34. The van der Waals surface area contributed by atoms with Gasteiger partial charge in [0.15, 0.2) is 0 Å². The van der Waals surface area contributed by atoms with Gasteiger partial charge in [0.25, 0.3) is 5.91 Å². The first-order valence-corrected chi connectivity index (χ1v) is 6.08. The lowest BCUT2D eigenvalue weighted by Gasteiger charge is -2.31. The lowest BCUT2D eigenvalue weighted by Crippen LogP contribution is -2.52. The molecule has 1 amide bonds. The van der Waals surface area contributed by atoms with Gasteiger partial charge in [-0.3, -0.25) is 4.79 Å². The second-order valence-corrected chi connectivity index (χ2v) is 5.17. The van der Waals surface area contributed by atoms with E-state index in [2.05, 4.69) is 11.4 Å². The standard InChI is InChI=1S/C10H10ClN3OS/c11-9-2-1-8(16-9)10(15)14-4-3-13-6-7(14)5-12/h1-2,7,13H,3-4,6H2. The fraction of sp³-hybridized carbons (Fsp3) is 0.400. The highest BCUT2D eigenvalue weighted by molar-refractivity contribution is 7.17. The molecule has 0 saturated carbocycles. The summed E-state index contributed by atoms with van der Waals surface area (Å²) in [6.07, 6.45) is 0. The number of nitrogens with zero attached hydrogens (tertiary/aromatic N) is 2. The molecule has 1 fully saturated rings. The molecule has 1 saturated heterocycles. The van der Waals surface area contributed by atoms with Crippen molar-refractivity contribution in [2.24, 2.45) is 0 Å². The monoisotopic (exact) mass is 255 g/mol. The first-order valence-electron chi connectivity index (χ1n) is 4.89. The summed E-state index contributed by atoms with van der Waals surface area (Å²) in [6, 6.07) is 5.14. The number of hydrogen-bond donors (Lipinski definition) is 1. The van der Waals surface area contributed by atoms with Gasteiger partial charge < -0.3 is 10.2 Å². The fourth-order valence-corrected chi connectivity index (χ4v) is 2.63. The van der Waals surface area contributed by atoms with E-state index in [1.54, 1.807) is 17.0 Å². The summed E-state index contributed by atoms with van der Waals surface area (Å²) >= 11 is 7.03. The molecule has 4 nitrogen and oxygen atoms in total. The maximum Gasteiger partial charge on any atom is 0.265 e. The van der Waals surface area contributed by atoms with Crippen LogP contribution in [-0.2, 0) is 0 Å². The first kappa shape index (κ1) is 11.4. The van der Waals surface area contributed by atoms with Gasteiger partial charge >= 0.3 is 0 Å². The summed E-state index contributed by atoms with van der Waals surface area (Å²) in [7, 11) is 0. The Kier molecular flexibility index (Phi) is 3.44. The molecule has 1 aliphatic rings. The maximum absolute atomic E-state index is 12.1. The third-order valence-corrected chi connectivity index (χ3v) is 3.66. The third kappa shape index (κ3) is 2.19. The van der Waals surface area contributed by atoms with E-state index in [1.165, 1.54) is 11.3 Å². The summed E-state index contributed by atoms with van der Waals surface area (Å²) in [5, 5.41) is 12.0. The van der Waals surface area contributed by atoms with Gasteiger partial charge in [0, 0.05) is 19.6 Å². The maximum atomic E-state index is 12.1. The van der Waals surface area contributed by atoms with E-state index >= 15 is 0 Å². The summed E-state index contributed by atoms with van der Waals surface area (Å²) in [4.78, 5) is 14.3. The molecule has 2 heterocycles. The van der Waals surface area contributed by atoms with Crippen LogP contribution >= 0.6 is 22.9 Å². The van der Waals surface area contributed by atoms with Crippen molar-refractivity contribution in [2.75, 3.05) is 19.6 Å². The Balaban J connectivity index is 2.17. The van der Waals surface area contributed by atoms with Crippen LogP contribution in [0.4, 0.5) is 0 Å². The van der Waals surface area contributed by atoms with Gasteiger partial charge in [0.05, 0.1) is 15.3 Å². The van der Waals surface area contributed by atoms with Crippen LogP contribution < -0.4 is 5.32 Å².